The molecule has 2 aromatic rings. The van der Waals surface area contributed by atoms with Gasteiger partial charge in [-0.2, -0.15) is 0 Å². The van der Waals surface area contributed by atoms with Crippen molar-refractivity contribution in [3.05, 3.63) is 34.2 Å². The van der Waals surface area contributed by atoms with E-state index in [9.17, 15) is 9.59 Å². The van der Waals surface area contributed by atoms with Crippen molar-refractivity contribution >= 4 is 44.9 Å². The first-order valence-electron chi connectivity index (χ1n) is 7.68. The number of benzene rings is 1. The van der Waals surface area contributed by atoms with E-state index in [1.165, 1.54) is 0 Å². The monoisotopic (exact) mass is 351 g/mol. The molecule has 3 rings (SSSR count). The number of rotatable bonds is 4. The molecule has 1 aliphatic rings. The maximum Gasteiger partial charge on any atom is 0.303 e. The lowest BCUT2D eigenvalue weighted by molar-refractivity contribution is -0.138. The van der Waals surface area contributed by atoms with Crippen molar-refractivity contribution in [1.82, 2.24) is 4.90 Å². The fourth-order valence-corrected chi connectivity index (χ4v) is 4.21. The third-order valence-corrected chi connectivity index (χ3v) is 5.64. The molecular formula is C17H18ClNO3S. The summed E-state index contributed by atoms with van der Waals surface area (Å²) < 4.78 is 1.14. The molecule has 23 heavy (non-hydrogen) atoms. The number of halogens is 1. The van der Waals surface area contributed by atoms with Gasteiger partial charge >= 0.3 is 5.97 Å². The van der Waals surface area contributed by atoms with E-state index in [2.05, 4.69) is 0 Å². The van der Waals surface area contributed by atoms with Crippen molar-refractivity contribution in [3.8, 4) is 0 Å². The van der Waals surface area contributed by atoms with Crippen molar-refractivity contribution in [3.63, 3.8) is 0 Å². The Morgan fingerprint density at radius 2 is 2.04 bits per heavy atom. The van der Waals surface area contributed by atoms with Gasteiger partial charge in [0, 0.05) is 29.2 Å². The maximum atomic E-state index is 12.5. The Morgan fingerprint density at radius 3 is 2.74 bits per heavy atom. The molecule has 1 saturated heterocycles. The average molecular weight is 352 g/mol. The topological polar surface area (TPSA) is 57.6 Å². The molecule has 1 aromatic heterocycles. The molecule has 1 aromatic carbocycles. The molecule has 1 aliphatic heterocycles. The highest BCUT2D eigenvalue weighted by molar-refractivity contribution is 7.17. The molecule has 0 spiro atoms. The van der Waals surface area contributed by atoms with E-state index < -0.39 is 5.97 Å². The quantitative estimate of drug-likeness (QED) is 0.911. The molecule has 6 heteroatoms. The molecule has 0 atom stereocenters. The first-order valence-corrected chi connectivity index (χ1v) is 8.94. The summed E-state index contributed by atoms with van der Waals surface area (Å²) in [6, 6.07) is 5.75. The van der Waals surface area contributed by atoms with Gasteiger partial charge in [-0.3, -0.25) is 9.59 Å². The second-order valence-corrected chi connectivity index (χ2v) is 7.35. The second kappa shape index (κ2) is 6.89. The van der Waals surface area contributed by atoms with Gasteiger partial charge in [-0.05, 0) is 53.3 Å². The van der Waals surface area contributed by atoms with Crippen molar-refractivity contribution in [1.29, 1.82) is 0 Å². The smallest absolute Gasteiger partial charge is 0.303 e. The van der Waals surface area contributed by atoms with Crippen LogP contribution in [0, 0.1) is 5.92 Å². The van der Waals surface area contributed by atoms with Gasteiger partial charge in [0.25, 0.3) is 0 Å². The van der Waals surface area contributed by atoms with E-state index in [0.29, 0.717) is 24.5 Å². The number of piperidine rings is 1. The Labute approximate surface area is 143 Å². The zero-order valence-corrected chi connectivity index (χ0v) is 14.2. The van der Waals surface area contributed by atoms with Crippen molar-refractivity contribution in [2.45, 2.75) is 25.7 Å². The highest BCUT2D eigenvalue weighted by Crippen LogP contribution is 2.29. The zero-order valence-electron chi connectivity index (χ0n) is 12.6. The molecule has 1 N–H and O–H groups in total. The number of carbonyl (C=O) groups excluding carboxylic acids is 1. The lowest BCUT2D eigenvalue weighted by atomic mass is 9.93. The highest BCUT2D eigenvalue weighted by Gasteiger charge is 2.24. The van der Waals surface area contributed by atoms with E-state index >= 15 is 0 Å². The summed E-state index contributed by atoms with van der Waals surface area (Å²) in [6.45, 7) is 1.30. The van der Waals surface area contributed by atoms with Crippen molar-refractivity contribution in [2.24, 2.45) is 5.92 Å². The van der Waals surface area contributed by atoms with Crippen LogP contribution in [0.3, 0.4) is 0 Å². The molecular weight excluding hydrogens is 334 g/mol. The molecule has 1 fully saturated rings. The number of nitrogens with zero attached hydrogens (tertiary/aromatic N) is 1. The van der Waals surface area contributed by atoms with Crippen LogP contribution in [0.4, 0.5) is 0 Å². The van der Waals surface area contributed by atoms with Gasteiger partial charge in [0.15, 0.2) is 0 Å². The van der Waals surface area contributed by atoms with E-state index in [0.717, 1.165) is 28.5 Å². The van der Waals surface area contributed by atoms with Gasteiger partial charge in [0.2, 0.25) is 5.91 Å². The second-order valence-electron chi connectivity index (χ2n) is 6.00. The molecule has 0 saturated carbocycles. The van der Waals surface area contributed by atoms with Gasteiger partial charge in [-0.15, -0.1) is 11.3 Å². The van der Waals surface area contributed by atoms with Gasteiger partial charge in [0.05, 0.1) is 6.42 Å². The predicted molar refractivity (Wildman–Crippen MR) is 92.1 cm³/mol. The average Bonchev–Trinajstić information content (AvgIpc) is 2.89. The number of fused-ring (bicyclic) bond motifs is 1. The molecule has 0 aliphatic carbocycles. The molecule has 0 radical (unpaired) electrons. The van der Waals surface area contributed by atoms with E-state index in [1.807, 2.05) is 28.5 Å². The van der Waals surface area contributed by atoms with E-state index in [-0.39, 0.29) is 18.2 Å². The lowest BCUT2D eigenvalue weighted by Crippen LogP contribution is -2.39. The van der Waals surface area contributed by atoms with Crippen LogP contribution in [0.1, 0.15) is 24.8 Å². The normalized spacial score (nSPS) is 16.0. The number of aliphatic carboxylic acids is 1. The number of likely N-dealkylation sites (tertiary alicyclic amines) is 1. The Bertz CT molecular complexity index is 735. The van der Waals surface area contributed by atoms with E-state index in [1.54, 1.807) is 11.3 Å². The number of amides is 1. The Morgan fingerprint density at radius 1 is 1.30 bits per heavy atom. The first kappa shape index (κ1) is 16.3. The molecule has 0 unspecified atom stereocenters. The summed E-state index contributed by atoms with van der Waals surface area (Å²) in [6.07, 6.45) is 2.13. The van der Waals surface area contributed by atoms with Crippen LogP contribution in [0.5, 0.6) is 0 Å². The summed E-state index contributed by atoms with van der Waals surface area (Å²) in [4.78, 5) is 25.1. The number of carbonyl (C=O) groups is 2. The first-order chi connectivity index (χ1) is 11.0. The third-order valence-electron chi connectivity index (χ3n) is 4.39. The minimum Gasteiger partial charge on any atom is -0.481 e. The van der Waals surface area contributed by atoms with Crippen LogP contribution in [-0.4, -0.2) is 35.0 Å². The van der Waals surface area contributed by atoms with Crippen molar-refractivity contribution < 1.29 is 14.7 Å². The fraction of sp³-hybridized carbons (Fsp3) is 0.412. The molecule has 1 amide bonds. The van der Waals surface area contributed by atoms with Crippen molar-refractivity contribution in [2.75, 3.05) is 13.1 Å². The van der Waals surface area contributed by atoms with E-state index in [4.69, 9.17) is 16.7 Å². The minimum atomic E-state index is -0.753. The zero-order chi connectivity index (χ0) is 16.4. The number of carboxylic acids is 1. The maximum absolute atomic E-state index is 12.5. The molecule has 0 bridgehead atoms. The van der Waals surface area contributed by atoms with Crippen LogP contribution < -0.4 is 0 Å². The number of hydrogen-bond acceptors (Lipinski definition) is 3. The van der Waals surface area contributed by atoms with Crippen LogP contribution in [0.25, 0.3) is 10.1 Å². The SMILES string of the molecule is O=C(O)CC1CCN(C(=O)Cc2csc3ccc(Cl)cc23)CC1. The summed E-state index contributed by atoms with van der Waals surface area (Å²) in [5.41, 5.74) is 1.02. The van der Waals surface area contributed by atoms with Gasteiger partial charge < -0.3 is 10.0 Å². The summed E-state index contributed by atoms with van der Waals surface area (Å²) in [5, 5.41) is 12.6. The molecule has 4 nitrogen and oxygen atoms in total. The standard InChI is InChI=1S/C17H18ClNO3S/c18-13-1-2-15-14(9-13)12(10-23-15)8-16(20)19-5-3-11(4-6-19)7-17(21)22/h1-2,9-11H,3-8H2,(H,21,22). The summed E-state index contributed by atoms with van der Waals surface area (Å²) in [7, 11) is 0. The largest absolute Gasteiger partial charge is 0.481 e. The number of hydrogen-bond donors (Lipinski definition) is 1. The minimum absolute atomic E-state index is 0.110. The summed E-state index contributed by atoms with van der Waals surface area (Å²) >= 11 is 7.68. The number of thiophene rings is 1. The highest BCUT2D eigenvalue weighted by atomic mass is 35.5. The third kappa shape index (κ3) is 3.85. The Kier molecular flexibility index (Phi) is 4.87. The number of carboxylic acid groups (broad SMARTS) is 1. The van der Waals surface area contributed by atoms with Gasteiger partial charge in [-0.25, -0.2) is 0 Å². The lowest BCUT2D eigenvalue weighted by Gasteiger charge is -2.31. The van der Waals surface area contributed by atoms with Crippen LogP contribution >= 0.6 is 22.9 Å². The van der Waals surface area contributed by atoms with Crippen LogP contribution in [0.15, 0.2) is 23.6 Å². The molecule has 2 heterocycles. The fourth-order valence-electron chi connectivity index (χ4n) is 3.10. The van der Waals surface area contributed by atoms with Crippen LogP contribution in [0.2, 0.25) is 5.02 Å². The Hall–Kier alpha value is -1.59. The van der Waals surface area contributed by atoms with Gasteiger partial charge in [0.1, 0.15) is 0 Å². The predicted octanol–water partition coefficient (Wildman–Crippen LogP) is 3.81. The molecule has 122 valence electrons. The Balaban J connectivity index is 1.63. The van der Waals surface area contributed by atoms with Crippen LogP contribution in [-0.2, 0) is 16.0 Å². The summed E-state index contributed by atoms with van der Waals surface area (Å²) in [5.74, 6) is -0.452. The van der Waals surface area contributed by atoms with Gasteiger partial charge in [-0.1, -0.05) is 11.6 Å².